The van der Waals surface area contributed by atoms with Crippen molar-refractivity contribution in [2.75, 3.05) is 13.7 Å². The molecular weight excluding hydrogens is 252 g/mol. The number of aryl methyl sites for hydroxylation is 1. The summed E-state index contributed by atoms with van der Waals surface area (Å²) in [5.41, 5.74) is 4.67. The molecule has 0 saturated carbocycles. The number of nitrogens with zero attached hydrogens (tertiary/aromatic N) is 3. The molecule has 0 aliphatic rings. The van der Waals surface area contributed by atoms with Crippen molar-refractivity contribution in [1.29, 1.82) is 0 Å². The summed E-state index contributed by atoms with van der Waals surface area (Å²) in [4.78, 5) is 0. The molecule has 1 aromatic heterocycles. The van der Waals surface area contributed by atoms with Gasteiger partial charge >= 0.3 is 5.82 Å². The smallest absolute Gasteiger partial charge is 0.350 e. The molecule has 0 unspecified atom stereocenters. The van der Waals surface area contributed by atoms with Crippen LogP contribution in [0.3, 0.4) is 0 Å². The largest absolute Gasteiger partial charge is 0.497 e. The van der Waals surface area contributed by atoms with Crippen molar-refractivity contribution in [3.8, 4) is 5.75 Å². The van der Waals surface area contributed by atoms with Crippen molar-refractivity contribution in [3.63, 3.8) is 0 Å². The van der Waals surface area contributed by atoms with Crippen molar-refractivity contribution in [3.05, 3.63) is 48.7 Å². The molecule has 2 rings (SSSR count). The zero-order valence-corrected chi connectivity index (χ0v) is 11.7. The average molecular weight is 272 g/mol. The topological polar surface area (TPSA) is 65.5 Å². The van der Waals surface area contributed by atoms with Crippen molar-refractivity contribution >= 4 is 11.5 Å². The summed E-state index contributed by atoms with van der Waals surface area (Å²) in [6, 6.07) is 13.4. The van der Waals surface area contributed by atoms with Crippen molar-refractivity contribution < 1.29 is 15.0 Å². The van der Waals surface area contributed by atoms with Gasteiger partial charge in [0.2, 0.25) is 0 Å². The maximum absolute atomic E-state index is 5.11. The number of aromatic nitrogens is 1. The maximum atomic E-state index is 5.11. The van der Waals surface area contributed by atoms with Gasteiger partial charge in [0.15, 0.2) is 0 Å². The first-order valence-electron chi connectivity index (χ1n) is 6.67. The maximum Gasteiger partial charge on any atom is 0.350 e. The summed E-state index contributed by atoms with van der Waals surface area (Å²) in [5.74, 6) is 1.66. The quantitative estimate of drug-likeness (QED) is 0.634. The highest BCUT2D eigenvalue weighted by Crippen LogP contribution is 2.19. The van der Waals surface area contributed by atoms with E-state index in [9.17, 15) is 0 Å². The molecule has 5 nitrogen and oxygen atoms in total. The Morgan fingerprint density at radius 2 is 1.90 bits per heavy atom. The first kappa shape index (κ1) is 14.1. The number of benzene rings is 1. The van der Waals surface area contributed by atoms with Gasteiger partial charge in [0.05, 0.1) is 31.5 Å². The van der Waals surface area contributed by atoms with E-state index >= 15 is 0 Å². The Balaban J connectivity index is 2.13. The summed E-state index contributed by atoms with van der Waals surface area (Å²) in [5, 5.41) is 8.57. The third-order valence-electron chi connectivity index (χ3n) is 2.91. The molecule has 0 atom stereocenters. The number of rotatable bonds is 6. The number of quaternary nitrogens is 1. The minimum absolute atomic E-state index is 0.804. The molecular formula is C15H20N4O+2. The van der Waals surface area contributed by atoms with Crippen LogP contribution in [0.15, 0.2) is 58.9 Å². The third kappa shape index (κ3) is 3.86. The van der Waals surface area contributed by atoms with Crippen LogP contribution in [-0.4, -0.2) is 13.7 Å². The zero-order valence-electron chi connectivity index (χ0n) is 11.7. The zero-order chi connectivity index (χ0) is 14.2. The number of ether oxygens (including phenoxy) is 1. The molecule has 0 radical (unpaired) electrons. The van der Waals surface area contributed by atoms with Gasteiger partial charge < -0.3 is 10.5 Å². The van der Waals surface area contributed by atoms with Crippen molar-refractivity contribution in [2.24, 2.45) is 10.2 Å². The highest BCUT2D eigenvalue weighted by Gasteiger charge is 2.08. The monoisotopic (exact) mass is 272 g/mol. The SMILES string of the molecule is COc1ccc(N=Nc2cccc[n+]2CCC[NH3+])cc1. The van der Waals surface area contributed by atoms with E-state index in [0.29, 0.717) is 0 Å². The van der Waals surface area contributed by atoms with Crippen LogP contribution in [0.5, 0.6) is 5.75 Å². The second-order valence-corrected chi connectivity index (χ2v) is 4.36. The second-order valence-electron chi connectivity index (χ2n) is 4.36. The molecule has 0 aliphatic carbocycles. The van der Waals surface area contributed by atoms with Crippen LogP contribution in [0.25, 0.3) is 0 Å². The van der Waals surface area contributed by atoms with Crippen LogP contribution in [0.1, 0.15) is 6.42 Å². The minimum atomic E-state index is 0.804. The van der Waals surface area contributed by atoms with Gasteiger partial charge in [0.25, 0.3) is 0 Å². The summed E-state index contributed by atoms with van der Waals surface area (Å²) in [6.45, 7) is 1.82. The van der Waals surface area contributed by atoms with E-state index in [4.69, 9.17) is 4.74 Å². The van der Waals surface area contributed by atoms with Crippen LogP contribution in [0, 0.1) is 0 Å². The van der Waals surface area contributed by atoms with Gasteiger partial charge in [-0.15, -0.1) is 0 Å². The number of hydrogen-bond acceptors (Lipinski definition) is 3. The van der Waals surface area contributed by atoms with Gasteiger partial charge in [-0.25, -0.2) is 4.57 Å². The number of azo groups is 1. The summed E-state index contributed by atoms with van der Waals surface area (Å²) in [6.07, 6.45) is 3.04. The van der Waals surface area contributed by atoms with E-state index in [1.165, 1.54) is 0 Å². The molecule has 1 aromatic carbocycles. The predicted octanol–water partition coefficient (Wildman–Crippen LogP) is 2.03. The van der Waals surface area contributed by atoms with Crippen LogP contribution in [0.4, 0.5) is 11.5 Å². The summed E-state index contributed by atoms with van der Waals surface area (Å²) < 4.78 is 7.19. The van der Waals surface area contributed by atoms with Crippen LogP contribution < -0.4 is 15.0 Å². The lowest BCUT2D eigenvalue weighted by atomic mass is 10.3. The molecule has 0 amide bonds. The normalized spacial score (nSPS) is 10.9. The highest BCUT2D eigenvalue weighted by atomic mass is 16.5. The Kier molecular flexibility index (Phi) is 5.20. The van der Waals surface area contributed by atoms with Gasteiger partial charge in [-0.3, -0.25) is 0 Å². The Bertz CT molecular complexity index is 566. The molecule has 0 fully saturated rings. The molecule has 0 saturated heterocycles. The Labute approximate surface area is 118 Å². The molecule has 2 aromatic rings. The van der Waals surface area contributed by atoms with Crippen molar-refractivity contribution in [2.45, 2.75) is 13.0 Å². The average Bonchev–Trinajstić information content (AvgIpc) is 2.52. The molecule has 5 heteroatoms. The lowest BCUT2D eigenvalue weighted by Crippen LogP contribution is -2.51. The molecule has 1 heterocycles. The van der Waals surface area contributed by atoms with Crippen LogP contribution >= 0.6 is 0 Å². The third-order valence-corrected chi connectivity index (χ3v) is 2.91. The molecule has 104 valence electrons. The van der Waals surface area contributed by atoms with E-state index in [1.54, 1.807) is 7.11 Å². The Morgan fingerprint density at radius 1 is 1.10 bits per heavy atom. The van der Waals surface area contributed by atoms with E-state index in [1.807, 2.05) is 48.7 Å². The second kappa shape index (κ2) is 7.35. The van der Waals surface area contributed by atoms with Gasteiger partial charge in [-0.1, -0.05) is 6.07 Å². The molecule has 0 aliphatic heterocycles. The van der Waals surface area contributed by atoms with Crippen molar-refractivity contribution in [1.82, 2.24) is 0 Å². The first-order chi connectivity index (χ1) is 9.83. The Hall–Kier alpha value is -2.27. The van der Waals surface area contributed by atoms with E-state index in [2.05, 4.69) is 20.5 Å². The standard InChI is InChI=1S/C15H19N4O/c1-20-14-8-6-13(7-9-14)17-18-15-5-2-3-11-19(15)12-4-10-16/h2-3,5-9,11H,4,10,12,16H2,1H3/q+1/p+1. The molecule has 0 bridgehead atoms. The lowest BCUT2D eigenvalue weighted by molar-refractivity contribution is -0.686. The van der Waals surface area contributed by atoms with E-state index in [-0.39, 0.29) is 0 Å². The van der Waals surface area contributed by atoms with Gasteiger partial charge in [-0.05, 0) is 35.4 Å². The fraction of sp³-hybridized carbons (Fsp3) is 0.267. The van der Waals surface area contributed by atoms with Crippen LogP contribution in [-0.2, 0) is 6.54 Å². The van der Waals surface area contributed by atoms with Gasteiger partial charge in [0.1, 0.15) is 11.4 Å². The predicted molar refractivity (Wildman–Crippen MR) is 76.2 cm³/mol. The van der Waals surface area contributed by atoms with E-state index < -0.39 is 0 Å². The van der Waals surface area contributed by atoms with Gasteiger partial charge in [-0.2, -0.15) is 0 Å². The molecule has 3 N–H and O–H groups in total. The lowest BCUT2D eigenvalue weighted by Gasteiger charge is -1.99. The van der Waals surface area contributed by atoms with Gasteiger partial charge in [0, 0.05) is 12.5 Å². The molecule has 0 spiro atoms. The number of pyridine rings is 1. The Morgan fingerprint density at radius 3 is 2.60 bits per heavy atom. The fourth-order valence-electron chi connectivity index (χ4n) is 1.79. The first-order valence-corrected chi connectivity index (χ1v) is 6.67. The highest BCUT2D eigenvalue weighted by molar-refractivity contribution is 5.41. The molecule has 20 heavy (non-hydrogen) atoms. The summed E-state index contributed by atoms with van der Waals surface area (Å²) >= 11 is 0. The minimum Gasteiger partial charge on any atom is -0.497 e. The van der Waals surface area contributed by atoms with E-state index in [0.717, 1.165) is 36.8 Å². The summed E-state index contributed by atoms with van der Waals surface area (Å²) in [7, 11) is 1.64. The fourth-order valence-corrected chi connectivity index (χ4v) is 1.79. The van der Waals surface area contributed by atoms with Crippen LogP contribution in [0.2, 0.25) is 0 Å². The number of hydrogen-bond donors (Lipinski definition) is 1. The number of methoxy groups -OCH3 is 1.